The van der Waals surface area contributed by atoms with E-state index in [2.05, 4.69) is 13.0 Å². The van der Waals surface area contributed by atoms with Gasteiger partial charge >= 0.3 is 0 Å². The average molecular weight is 308 g/mol. The summed E-state index contributed by atoms with van der Waals surface area (Å²) in [6, 6.07) is 6.16. The van der Waals surface area contributed by atoms with Crippen LogP contribution in [0.2, 0.25) is 5.02 Å². The number of carbonyl (C=O) groups excluding carboxylic acids is 1. The number of aryl methyl sites for hydroxylation is 1. The maximum Gasteiger partial charge on any atom is 0.265 e. The van der Waals surface area contributed by atoms with Gasteiger partial charge in [-0.05, 0) is 31.4 Å². The molecule has 4 heteroatoms. The quantitative estimate of drug-likeness (QED) is 0.735. The molecule has 20 heavy (non-hydrogen) atoms. The molecule has 1 aliphatic rings. The van der Waals surface area contributed by atoms with E-state index in [9.17, 15) is 4.79 Å². The molecule has 0 radical (unpaired) electrons. The van der Waals surface area contributed by atoms with E-state index in [1.165, 1.54) is 29.7 Å². The lowest BCUT2D eigenvalue weighted by molar-refractivity contribution is 0.0767. The summed E-state index contributed by atoms with van der Waals surface area (Å²) < 4.78 is 1.10. The minimum absolute atomic E-state index is 0.107. The molecule has 3 rings (SSSR count). The van der Waals surface area contributed by atoms with Crippen LogP contribution in [0.15, 0.2) is 18.2 Å². The first-order valence-corrected chi connectivity index (χ1v) is 8.34. The first-order valence-electron chi connectivity index (χ1n) is 7.15. The standard InChI is InChI=1S/C16H18ClNOS/c1-11-6-7-12-13(10-11)20-15(14(12)17)16(19)18-8-4-2-3-5-9-18/h6-7,10H,2-5,8-9H2,1H3. The van der Waals surface area contributed by atoms with Crippen LogP contribution in [0.5, 0.6) is 0 Å². The van der Waals surface area contributed by atoms with Crippen molar-refractivity contribution in [2.45, 2.75) is 32.6 Å². The third-order valence-electron chi connectivity index (χ3n) is 3.87. The molecular weight excluding hydrogens is 290 g/mol. The second-order valence-electron chi connectivity index (χ2n) is 5.45. The highest BCUT2D eigenvalue weighted by Crippen LogP contribution is 2.36. The molecule has 0 unspecified atom stereocenters. The summed E-state index contributed by atoms with van der Waals surface area (Å²) in [5.74, 6) is 0.107. The summed E-state index contributed by atoms with van der Waals surface area (Å²) in [7, 11) is 0. The first kappa shape index (κ1) is 13.9. The molecule has 0 N–H and O–H groups in total. The summed E-state index contributed by atoms with van der Waals surface area (Å²) in [5, 5.41) is 1.62. The molecule has 0 bridgehead atoms. The molecule has 1 aromatic carbocycles. The molecule has 1 saturated heterocycles. The number of halogens is 1. The summed E-state index contributed by atoms with van der Waals surface area (Å²) >= 11 is 7.95. The van der Waals surface area contributed by atoms with Crippen molar-refractivity contribution in [3.05, 3.63) is 33.7 Å². The third kappa shape index (κ3) is 2.57. The van der Waals surface area contributed by atoms with Crippen molar-refractivity contribution < 1.29 is 4.79 Å². The lowest BCUT2D eigenvalue weighted by Gasteiger charge is -2.19. The van der Waals surface area contributed by atoms with Gasteiger partial charge in [0.2, 0.25) is 0 Å². The number of amides is 1. The molecule has 1 aliphatic heterocycles. The van der Waals surface area contributed by atoms with E-state index in [-0.39, 0.29) is 5.91 Å². The Morgan fingerprint density at radius 3 is 2.60 bits per heavy atom. The average Bonchev–Trinajstić information content (AvgIpc) is 2.65. The van der Waals surface area contributed by atoms with Crippen molar-refractivity contribution >= 4 is 38.9 Å². The van der Waals surface area contributed by atoms with Gasteiger partial charge in [-0.1, -0.05) is 36.6 Å². The molecule has 1 aromatic heterocycles. The summed E-state index contributed by atoms with van der Waals surface area (Å²) in [4.78, 5) is 15.4. The van der Waals surface area contributed by atoms with Gasteiger partial charge in [0.1, 0.15) is 4.88 Å². The van der Waals surface area contributed by atoms with Gasteiger partial charge in [-0.2, -0.15) is 0 Å². The molecule has 2 aromatic rings. The molecular formula is C16H18ClNOS. The van der Waals surface area contributed by atoms with E-state index < -0.39 is 0 Å². The maximum absolute atomic E-state index is 12.7. The molecule has 1 fully saturated rings. The van der Waals surface area contributed by atoms with Gasteiger partial charge in [0, 0.05) is 23.2 Å². The van der Waals surface area contributed by atoms with Gasteiger partial charge < -0.3 is 4.90 Å². The van der Waals surface area contributed by atoms with E-state index in [0.717, 1.165) is 36.0 Å². The van der Waals surface area contributed by atoms with Crippen LogP contribution in [0.1, 0.15) is 40.9 Å². The second-order valence-corrected chi connectivity index (χ2v) is 6.88. The molecule has 2 nitrogen and oxygen atoms in total. The van der Waals surface area contributed by atoms with E-state index in [4.69, 9.17) is 11.6 Å². The number of hydrogen-bond acceptors (Lipinski definition) is 2. The van der Waals surface area contributed by atoms with Crippen LogP contribution in [-0.4, -0.2) is 23.9 Å². The summed E-state index contributed by atoms with van der Waals surface area (Å²) in [5.41, 5.74) is 1.20. The van der Waals surface area contributed by atoms with Gasteiger partial charge in [-0.3, -0.25) is 4.79 Å². The number of rotatable bonds is 1. The normalized spacial score (nSPS) is 16.4. The van der Waals surface area contributed by atoms with Crippen LogP contribution in [0, 0.1) is 6.92 Å². The van der Waals surface area contributed by atoms with Crippen LogP contribution >= 0.6 is 22.9 Å². The Bertz CT molecular complexity index is 641. The van der Waals surface area contributed by atoms with E-state index >= 15 is 0 Å². The van der Waals surface area contributed by atoms with Crippen LogP contribution in [0.4, 0.5) is 0 Å². The zero-order chi connectivity index (χ0) is 14.1. The van der Waals surface area contributed by atoms with Gasteiger partial charge in [-0.25, -0.2) is 0 Å². The lowest BCUT2D eigenvalue weighted by Crippen LogP contribution is -2.31. The fraction of sp³-hybridized carbons (Fsp3) is 0.438. The highest BCUT2D eigenvalue weighted by Gasteiger charge is 2.23. The van der Waals surface area contributed by atoms with Crippen molar-refractivity contribution in [3.63, 3.8) is 0 Å². The highest BCUT2D eigenvalue weighted by atomic mass is 35.5. The van der Waals surface area contributed by atoms with Gasteiger partial charge in [0.05, 0.1) is 5.02 Å². The molecule has 106 valence electrons. The minimum Gasteiger partial charge on any atom is -0.338 e. The first-order chi connectivity index (χ1) is 9.66. The third-order valence-corrected chi connectivity index (χ3v) is 5.52. The van der Waals surface area contributed by atoms with Crippen molar-refractivity contribution in [3.8, 4) is 0 Å². The monoisotopic (exact) mass is 307 g/mol. The van der Waals surface area contributed by atoms with Gasteiger partial charge in [0.25, 0.3) is 5.91 Å². The topological polar surface area (TPSA) is 20.3 Å². The maximum atomic E-state index is 12.7. The van der Waals surface area contributed by atoms with Crippen LogP contribution in [-0.2, 0) is 0 Å². The minimum atomic E-state index is 0.107. The van der Waals surface area contributed by atoms with Crippen LogP contribution < -0.4 is 0 Å². The number of thiophene rings is 1. The second kappa shape index (κ2) is 5.74. The summed E-state index contributed by atoms with van der Waals surface area (Å²) in [6.07, 6.45) is 4.66. The van der Waals surface area contributed by atoms with Crippen LogP contribution in [0.25, 0.3) is 10.1 Å². The van der Waals surface area contributed by atoms with Crippen molar-refractivity contribution in [2.24, 2.45) is 0 Å². The SMILES string of the molecule is Cc1ccc2c(Cl)c(C(=O)N3CCCCCC3)sc2c1. The predicted octanol–water partition coefficient (Wildman–Crippen LogP) is 4.88. The summed E-state index contributed by atoms with van der Waals surface area (Å²) in [6.45, 7) is 3.79. The molecule has 0 spiro atoms. The van der Waals surface area contributed by atoms with Gasteiger partial charge in [-0.15, -0.1) is 11.3 Å². The Balaban J connectivity index is 1.96. The predicted molar refractivity (Wildman–Crippen MR) is 85.9 cm³/mol. The smallest absolute Gasteiger partial charge is 0.265 e. The fourth-order valence-corrected chi connectivity index (χ4v) is 4.31. The number of hydrogen-bond donors (Lipinski definition) is 0. The van der Waals surface area contributed by atoms with Crippen molar-refractivity contribution in [1.82, 2.24) is 4.90 Å². The molecule has 1 amide bonds. The highest BCUT2D eigenvalue weighted by molar-refractivity contribution is 7.21. The van der Waals surface area contributed by atoms with Crippen molar-refractivity contribution in [1.29, 1.82) is 0 Å². The molecule has 0 aliphatic carbocycles. The zero-order valence-corrected chi connectivity index (χ0v) is 13.2. The van der Waals surface area contributed by atoms with Gasteiger partial charge in [0.15, 0.2) is 0 Å². The number of fused-ring (bicyclic) bond motifs is 1. The number of likely N-dealkylation sites (tertiary alicyclic amines) is 1. The Morgan fingerprint density at radius 1 is 1.20 bits per heavy atom. The Hall–Kier alpha value is -1.06. The van der Waals surface area contributed by atoms with E-state index in [1.807, 2.05) is 17.0 Å². The van der Waals surface area contributed by atoms with E-state index in [1.54, 1.807) is 0 Å². The molecule has 0 atom stereocenters. The largest absolute Gasteiger partial charge is 0.338 e. The number of benzene rings is 1. The van der Waals surface area contributed by atoms with E-state index in [0.29, 0.717) is 9.90 Å². The molecule has 0 saturated carbocycles. The Kier molecular flexibility index (Phi) is 3.99. The fourth-order valence-electron chi connectivity index (χ4n) is 2.73. The van der Waals surface area contributed by atoms with Crippen LogP contribution in [0.3, 0.4) is 0 Å². The Labute approximate surface area is 128 Å². The zero-order valence-electron chi connectivity index (χ0n) is 11.6. The van der Waals surface area contributed by atoms with Crippen molar-refractivity contribution in [2.75, 3.05) is 13.1 Å². The number of nitrogens with zero attached hydrogens (tertiary/aromatic N) is 1. The molecule has 2 heterocycles. The lowest BCUT2D eigenvalue weighted by atomic mass is 10.2. The number of carbonyl (C=O) groups is 1. The Morgan fingerprint density at radius 2 is 1.90 bits per heavy atom.